The summed E-state index contributed by atoms with van der Waals surface area (Å²) in [4.78, 5) is 69.0. The molecule has 2 aliphatic rings. The van der Waals surface area contributed by atoms with E-state index in [1.807, 2.05) is 40.0 Å². The highest BCUT2D eigenvalue weighted by Crippen LogP contribution is 2.38. The molecule has 1 unspecified atom stereocenters. The van der Waals surface area contributed by atoms with Crippen LogP contribution >= 0.6 is 18.9 Å². The Morgan fingerprint density at radius 2 is 1.82 bits per heavy atom. The summed E-state index contributed by atoms with van der Waals surface area (Å²) in [6.07, 6.45) is 1.29. The van der Waals surface area contributed by atoms with Crippen molar-refractivity contribution in [2.45, 2.75) is 97.1 Å². The van der Waals surface area contributed by atoms with Crippen molar-refractivity contribution in [3.63, 3.8) is 0 Å². The van der Waals surface area contributed by atoms with Crippen LogP contribution in [0.5, 0.6) is 11.5 Å². The second-order valence-electron chi connectivity index (χ2n) is 14.1. The number of nitrogens with one attached hydrogen (secondary N) is 2. The van der Waals surface area contributed by atoms with Crippen LogP contribution in [0.1, 0.15) is 66.7 Å². The van der Waals surface area contributed by atoms with Crippen LogP contribution in [0.25, 0.3) is 22.3 Å². The summed E-state index contributed by atoms with van der Waals surface area (Å²) in [5.41, 5.74) is 6.52. The minimum Gasteiger partial charge on any atom is -0.488 e. The van der Waals surface area contributed by atoms with Crippen LogP contribution in [0.2, 0.25) is 0 Å². The number of benzene rings is 1. The van der Waals surface area contributed by atoms with Crippen LogP contribution in [0.3, 0.4) is 0 Å². The minimum atomic E-state index is -4.43. The van der Waals surface area contributed by atoms with Gasteiger partial charge in [-0.05, 0) is 57.1 Å². The summed E-state index contributed by atoms with van der Waals surface area (Å²) >= 11 is 1.41. The van der Waals surface area contributed by atoms with E-state index in [9.17, 15) is 28.7 Å². The Kier molecular flexibility index (Phi) is 11.3. The number of hydrogen-bond donors (Lipinski definition) is 5. The van der Waals surface area contributed by atoms with E-state index in [1.165, 1.54) is 16.2 Å². The third-order valence-corrected chi connectivity index (χ3v) is 9.68. The number of fused-ring (bicyclic) bond motifs is 1. The van der Waals surface area contributed by atoms with Gasteiger partial charge in [-0.1, -0.05) is 20.8 Å². The molecule has 2 fully saturated rings. The third-order valence-electron chi connectivity index (χ3n) is 8.44. The lowest BCUT2D eigenvalue weighted by Crippen LogP contribution is -2.57. The van der Waals surface area contributed by atoms with Gasteiger partial charge in [0, 0.05) is 35.4 Å². The molecule has 2 aromatic heterocycles. The number of carbonyl (C=O) groups is 3. The lowest BCUT2D eigenvalue weighted by molar-refractivity contribution is -0.141. The predicted octanol–water partition coefficient (Wildman–Crippen LogP) is 4.61. The van der Waals surface area contributed by atoms with Gasteiger partial charge < -0.3 is 45.3 Å². The minimum absolute atomic E-state index is 0.0140. The molecule has 0 spiro atoms. The quantitative estimate of drug-likeness (QED) is 0.162. The lowest BCUT2D eigenvalue weighted by Gasteiger charge is -2.34. The predicted molar refractivity (Wildman–Crippen MR) is 188 cm³/mol. The summed E-state index contributed by atoms with van der Waals surface area (Å²) in [5.74, 6) is -0.609. The summed E-state index contributed by atoms with van der Waals surface area (Å²) in [6, 6.07) is 4.62. The number of rotatable bonds is 12. The van der Waals surface area contributed by atoms with Gasteiger partial charge in [0.1, 0.15) is 41.5 Å². The Hall–Kier alpha value is -3.98. The number of amides is 3. The van der Waals surface area contributed by atoms with Crippen LogP contribution in [-0.2, 0) is 18.9 Å². The fourth-order valence-corrected chi connectivity index (χ4v) is 7.23. The van der Waals surface area contributed by atoms with Crippen LogP contribution in [0.15, 0.2) is 29.6 Å². The SMILES string of the molecule is CC(C)Nc1nc(-c2cc(OC3C[C@@H](C(N)=O)N(C(=O)[C@@H](NC(=O)OC4CCCC4)C(C)(C)C)C3)c3ccc(OCP(=O)(O)O)cc3n2)cs1. The van der Waals surface area contributed by atoms with Crippen molar-refractivity contribution in [3.8, 4) is 22.9 Å². The summed E-state index contributed by atoms with van der Waals surface area (Å²) < 4.78 is 28.9. The normalized spacial score (nSPS) is 19.1. The number of thiazole rings is 1. The Morgan fingerprint density at radius 3 is 2.46 bits per heavy atom. The maximum Gasteiger partial charge on any atom is 0.408 e. The van der Waals surface area contributed by atoms with E-state index in [0.29, 0.717) is 33.2 Å². The van der Waals surface area contributed by atoms with E-state index in [-0.39, 0.29) is 30.9 Å². The Balaban J connectivity index is 1.43. The van der Waals surface area contributed by atoms with Crippen molar-refractivity contribution in [2.24, 2.45) is 11.1 Å². The standard InChI is InChI=1S/C33H45N6O9PS/c1-18(2)35-31-37-25(16-50-31)24-14-27(22-11-10-20(12-23(22)36-24)46-17-49(43,44)45)47-21-13-26(29(34)40)39(15-21)30(41)28(33(3,4)5)38-32(42)48-19-8-6-7-9-19/h10-12,14,16,18-19,21,26,28H,6-9,13,15,17H2,1-5H3,(H2,34,40)(H,35,37)(H,38,42)(H2,43,44,45)/t21?,26-,28+/m0/s1. The third kappa shape index (κ3) is 9.42. The van der Waals surface area contributed by atoms with Crippen molar-refractivity contribution in [3.05, 3.63) is 29.6 Å². The Morgan fingerprint density at radius 1 is 1.10 bits per heavy atom. The van der Waals surface area contributed by atoms with Gasteiger partial charge in [-0.2, -0.15) is 0 Å². The average Bonchev–Trinajstić information content (AvgIpc) is 3.79. The van der Waals surface area contributed by atoms with Crippen LogP contribution in [-0.4, -0.2) is 85.8 Å². The molecule has 50 heavy (non-hydrogen) atoms. The molecule has 1 aliphatic heterocycles. The van der Waals surface area contributed by atoms with Crippen molar-refractivity contribution in [1.29, 1.82) is 0 Å². The fourth-order valence-electron chi connectivity index (χ4n) is 6.06. The molecule has 17 heteroatoms. The zero-order valence-corrected chi connectivity index (χ0v) is 30.5. The molecule has 1 saturated heterocycles. The van der Waals surface area contributed by atoms with Gasteiger partial charge >= 0.3 is 13.7 Å². The fraction of sp³-hybridized carbons (Fsp3) is 0.545. The number of anilines is 1. The Labute approximate surface area is 294 Å². The van der Waals surface area contributed by atoms with Crippen LogP contribution in [0.4, 0.5) is 9.93 Å². The number of aromatic nitrogens is 2. The van der Waals surface area contributed by atoms with E-state index < -0.39 is 55.5 Å². The molecule has 3 amide bonds. The zero-order chi connectivity index (χ0) is 36.4. The number of nitrogens with zero attached hydrogens (tertiary/aromatic N) is 3. The highest BCUT2D eigenvalue weighted by Gasteiger charge is 2.45. The summed E-state index contributed by atoms with van der Waals surface area (Å²) in [6.45, 7) is 9.46. The van der Waals surface area contributed by atoms with Gasteiger partial charge in [-0.3, -0.25) is 14.2 Å². The van der Waals surface area contributed by atoms with E-state index >= 15 is 0 Å². The number of ether oxygens (including phenoxy) is 3. The first-order valence-electron chi connectivity index (χ1n) is 16.5. The molecule has 3 heterocycles. The van der Waals surface area contributed by atoms with Gasteiger partial charge in [0.2, 0.25) is 11.8 Å². The van der Waals surface area contributed by atoms with E-state index in [1.54, 1.807) is 24.3 Å². The van der Waals surface area contributed by atoms with Gasteiger partial charge in [-0.25, -0.2) is 14.8 Å². The molecule has 3 aromatic rings. The molecule has 15 nitrogen and oxygen atoms in total. The molecule has 1 aromatic carbocycles. The monoisotopic (exact) mass is 732 g/mol. The molecule has 6 N–H and O–H groups in total. The zero-order valence-electron chi connectivity index (χ0n) is 28.7. The van der Waals surface area contributed by atoms with Gasteiger partial charge in [-0.15, -0.1) is 11.3 Å². The summed E-state index contributed by atoms with van der Waals surface area (Å²) in [7, 11) is -4.43. The maximum absolute atomic E-state index is 14.1. The maximum atomic E-state index is 14.1. The molecular weight excluding hydrogens is 687 g/mol. The topological polar surface area (TPSA) is 216 Å². The number of nitrogens with two attached hydrogens (primary N) is 1. The van der Waals surface area contributed by atoms with Crippen molar-refractivity contribution in [1.82, 2.24) is 20.2 Å². The molecule has 0 radical (unpaired) electrons. The molecule has 0 bridgehead atoms. The molecule has 1 saturated carbocycles. The van der Waals surface area contributed by atoms with Crippen molar-refractivity contribution < 1.29 is 42.9 Å². The van der Waals surface area contributed by atoms with Crippen molar-refractivity contribution in [2.75, 3.05) is 18.2 Å². The summed E-state index contributed by atoms with van der Waals surface area (Å²) in [5, 5.41) is 9.10. The largest absolute Gasteiger partial charge is 0.488 e. The van der Waals surface area contributed by atoms with E-state index in [4.69, 9.17) is 24.9 Å². The highest BCUT2D eigenvalue weighted by atomic mass is 32.1. The van der Waals surface area contributed by atoms with Crippen molar-refractivity contribution >= 4 is 52.9 Å². The van der Waals surface area contributed by atoms with Gasteiger partial charge in [0.05, 0.1) is 17.8 Å². The molecule has 272 valence electrons. The molecule has 5 rings (SSSR count). The first kappa shape index (κ1) is 37.3. The average molecular weight is 733 g/mol. The van der Waals surface area contributed by atoms with E-state index in [2.05, 4.69) is 15.6 Å². The first-order chi connectivity index (χ1) is 23.5. The number of alkyl carbamates (subject to hydrolysis) is 1. The smallest absolute Gasteiger partial charge is 0.408 e. The van der Waals surface area contributed by atoms with Crippen LogP contribution in [0, 0.1) is 5.41 Å². The van der Waals surface area contributed by atoms with Crippen LogP contribution < -0.4 is 25.8 Å². The number of likely N-dealkylation sites (tertiary alicyclic amines) is 1. The second kappa shape index (κ2) is 15.1. The van der Waals surface area contributed by atoms with E-state index in [0.717, 1.165) is 25.7 Å². The number of hydrogen-bond acceptors (Lipinski definition) is 11. The highest BCUT2D eigenvalue weighted by molar-refractivity contribution is 7.51. The number of carbonyl (C=O) groups excluding carboxylic acids is 3. The second-order valence-corrected chi connectivity index (χ2v) is 16.5. The number of pyridine rings is 1. The first-order valence-corrected chi connectivity index (χ1v) is 19.2. The van der Waals surface area contributed by atoms with Gasteiger partial charge in [0.25, 0.3) is 0 Å². The molecule has 1 aliphatic carbocycles. The molecular formula is C33H45N6O9PS. The Bertz CT molecular complexity index is 1770. The van der Waals surface area contributed by atoms with Gasteiger partial charge in [0.15, 0.2) is 11.5 Å². The number of primary amides is 1. The molecule has 3 atom stereocenters. The lowest BCUT2D eigenvalue weighted by atomic mass is 9.85.